The summed E-state index contributed by atoms with van der Waals surface area (Å²) in [6, 6.07) is 12.3. The molecule has 0 aliphatic heterocycles. The van der Waals surface area contributed by atoms with E-state index in [-0.39, 0.29) is 34.5 Å². The van der Waals surface area contributed by atoms with Crippen molar-refractivity contribution >= 4 is 0 Å². The van der Waals surface area contributed by atoms with Crippen LogP contribution in [0.5, 0.6) is 34.5 Å². The van der Waals surface area contributed by atoms with Gasteiger partial charge in [-0.15, -0.1) is 0 Å². The fourth-order valence-electron chi connectivity index (χ4n) is 2.80. The molecule has 0 bridgehead atoms. The second-order valence-corrected chi connectivity index (χ2v) is 5.67. The minimum absolute atomic E-state index is 0.122. The molecule has 6 N–H and O–H groups in total. The predicted molar refractivity (Wildman–Crippen MR) is 90.3 cm³/mol. The van der Waals surface area contributed by atoms with Crippen molar-refractivity contribution in [3.05, 3.63) is 71.3 Å². The molecule has 128 valence electrons. The lowest BCUT2D eigenvalue weighted by atomic mass is 9.84. The highest BCUT2D eigenvalue weighted by Gasteiger charge is 2.24. The SMILES string of the molecule is Oc1ccc(C(c2ccc(O)c(O)c2)c2ccc(O)cc2O)c(O)c1. The molecule has 25 heavy (non-hydrogen) atoms. The van der Waals surface area contributed by atoms with Crippen LogP contribution in [0.2, 0.25) is 0 Å². The van der Waals surface area contributed by atoms with Crippen molar-refractivity contribution < 1.29 is 30.6 Å². The van der Waals surface area contributed by atoms with Gasteiger partial charge in [0.05, 0.1) is 0 Å². The van der Waals surface area contributed by atoms with Crippen molar-refractivity contribution in [2.45, 2.75) is 5.92 Å². The zero-order chi connectivity index (χ0) is 18.1. The van der Waals surface area contributed by atoms with Crippen LogP contribution in [0.1, 0.15) is 22.6 Å². The van der Waals surface area contributed by atoms with Crippen LogP contribution >= 0.6 is 0 Å². The molecule has 0 saturated carbocycles. The molecular weight excluding hydrogens is 324 g/mol. The molecule has 0 aromatic heterocycles. The van der Waals surface area contributed by atoms with Gasteiger partial charge in [0, 0.05) is 29.2 Å². The molecule has 0 fully saturated rings. The molecule has 3 aromatic carbocycles. The number of hydrogen-bond donors (Lipinski definition) is 6. The van der Waals surface area contributed by atoms with E-state index in [1.54, 1.807) is 0 Å². The Morgan fingerprint density at radius 2 is 1.00 bits per heavy atom. The van der Waals surface area contributed by atoms with Crippen LogP contribution in [-0.4, -0.2) is 30.6 Å². The fraction of sp³-hybridized carbons (Fsp3) is 0.0526. The Morgan fingerprint density at radius 3 is 1.44 bits per heavy atom. The molecule has 0 heterocycles. The van der Waals surface area contributed by atoms with Crippen LogP contribution in [0.3, 0.4) is 0 Å². The first-order chi connectivity index (χ1) is 11.9. The maximum atomic E-state index is 10.3. The summed E-state index contributed by atoms with van der Waals surface area (Å²) in [6.07, 6.45) is 0. The van der Waals surface area contributed by atoms with E-state index < -0.39 is 5.92 Å². The first kappa shape index (κ1) is 16.3. The third-order valence-corrected chi connectivity index (χ3v) is 3.98. The summed E-state index contributed by atoms with van der Waals surface area (Å²) in [5.41, 5.74) is 1.21. The van der Waals surface area contributed by atoms with Gasteiger partial charge >= 0.3 is 0 Å². The lowest BCUT2D eigenvalue weighted by Gasteiger charge is -2.21. The number of phenolic OH excluding ortho intramolecular Hbond substituents is 6. The van der Waals surface area contributed by atoms with Gasteiger partial charge in [-0.2, -0.15) is 0 Å². The lowest BCUT2D eigenvalue weighted by molar-refractivity contribution is 0.403. The first-order valence-corrected chi connectivity index (χ1v) is 7.42. The summed E-state index contributed by atoms with van der Waals surface area (Å²) >= 11 is 0. The molecule has 0 spiro atoms. The third-order valence-electron chi connectivity index (χ3n) is 3.98. The highest BCUT2D eigenvalue weighted by atomic mass is 16.3. The fourth-order valence-corrected chi connectivity index (χ4v) is 2.80. The number of rotatable bonds is 3. The van der Waals surface area contributed by atoms with Gasteiger partial charge in [0.15, 0.2) is 11.5 Å². The van der Waals surface area contributed by atoms with Crippen molar-refractivity contribution in [3.8, 4) is 34.5 Å². The van der Waals surface area contributed by atoms with E-state index >= 15 is 0 Å². The Bertz CT molecular complexity index is 884. The van der Waals surface area contributed by atoms with E-state index in [0.29, 0.717) is 16.7 Å². The molecule has 0 aliphatic carbocycles. The maximum absolute atomic E-state index is 10.3. The van der Waals surface area contributed by atoms with Gasteiger partial charge in [-0.1, -0.05) is 18.2 Å². The van der Waals surface area contributed by atoms with Crippen LogP contribution in [0, 0.1) is 0 Å². The number of benzene rings is 3. The number of phenols is 6. The van der Waals surface area contributed by atoms with E-state index in [1.165, 1.54) is 54.6 Å². The Morgan fingerprint density at radius 1 is 0.480 bits per heavy atom. The van der Waals surface area contributed by atoms with E-state index in [0.717, 1.165) is 0 Å². The van der Waals surface area contributed by atoms with Crippen molar-refractivity contribution in [3.63, 3.8) is 0 Å². The van der Waals surface area contributed by atoms with E-state index in [9.17, 15) is 30.6 Å². The Kier molecular flexibility index (Phi) is 4.02. The highest BCUT2D eigenvalue weighted by Crippen LogP contribution is 2.43. The first-order valence-electron chi connectivity index (χ1n) is 7.42. The summed E-state index contributed by atoms with van der Waals surface area (Å²) in [6.45, 7) is 0. The van der Waals surface area contributed by atoms with Gasteiger partial charge in [-0.25, -0.2) is 0 Å². The molecule has 0 radical (unpaired) electrons. The van der Waals surface area contributed by atoms with Crippen molar-refractivity contribution in [1.82, 2.24) is 0 Å². The Balaban J connectivity index is 2.25. The predicted octanol–water partition coefficient (Wildman–Crippen LogP) is 3.10. The summed E-state index contributed by atoms with van der Waals surface area (Å²) in [5, 5.41) is 58.9. The third kappa shape index (κ3) is 3.10. The van der Waals surface area contributed by atoms with Gasteiger partial charge in [-0.05, 0) is 29.8 Å². The van der Waals surface area contributed by atoms with Gasteiger partial charge in [0.1, 0.15) is 23.0 Å². The minimum Gasteiger partial charge on any atom is -0.508 e. The molecular formula is C19H16O6. The second-order valence-electron chi connectivity index (χ2n) is 5.67. The van der Waals surface area contributed by atoms with Crippen LogP contribution in [0.4, 0.5) is 0 Å². The molecule has 0 amide bonds. The summed E-state index contributed by atoms with van der Waals surface area (Å²) < 4.78 is 0. The van der Waals surface area contributed by atoms with Crippen molar-refractivity contribution in [2.24, 2.45) is 0 Å². The molecule has 6 nitrogen and oxygen atoms in total. The highest BCUT2D eigenvalue weighted by molar-refractivity contribution is 5.56. The van der Waals surface area contributed by atoms with Crippen molar-refractivity contribution in [2.75, 3.05) is 0 Å². The molecule has 0 aliphatic rings. The van der Waals surface area contributed by atoms with Crippen LogP contribution in [-0.2, 0) is 0 Å². The lowest BCUT2D eigenvalue weighted by Crippen LogP contribution is -2.04. The molecule has 0 unspecified atom stereocenters. The monoisotopic (exact) mass is 340 g/mol. The Hall–Kier alpha value is -3.54. The largest absolute Gasteiger partial charge is 0.508 e. The normalized spacial score (nSPS) is 10.9. The summed E-state index contributed by atoms with van der Waals surface area (Å²) in [4.78, 5) is 0. The van der Waals surface area contributed by atoms with Gasteiger partial charge in [0.25, 0.3) is 0 Å². The average molecular weight is 340 g/mol. The number of aromatic hydroxyl groups is 6. The molecule has 6 heteroatoms. The minimum atomic E-state index is -0.715. The number of hydrogen-bond acceptors (Lipinski definition) is 6. The van der Waals surface area contributed by atoms with Gasteiger partial charge in [0.2, 0.25) is 0 Å². The van der Waals surface area contributed by atoms with Crippen LogP contribution in [0.15, 0.2) is 54.6 Å². The van der Waals surface area contributed by atoms with E-state index in [2.05, 4.69) is 0 Å². The molecule has 0 atom stereocenters. The van der Waals surface area contributed by atoms with Crippen LogP contribution in [0.25, 0.3) is 0 Å². The quantitative estimate of drug-likeness (QED) is 0.322. The summed E-state index contributed by atoms with van der Waals surface area (Å²) in [5.74, 6) is -2.01. The average Bonchev–Trinajstić information content (AvgIpc) is 2.54. The van der Waals surface area contributed by atoms with Crippen molar-refractivity contribution in [1.29, 1.82) is 0 Å². The smallest absolute Gasteiger partial charge is 0.157 e. The van der Waals surface area contributed by atoms with Gasteiger partial charge in [-0.3, -0.25) is 0 Å². The zero-order valence-corrected chi connectivity index (χ0v) is 13.0. The standard InChI is InChI=1S/C19H16O6/c20-11-2-4-13(16(23)8-11)19(10-1-6-15(22)18(25)7-10)14-5-3-12(21)9-17(14)24/h1-9,19-25H. The molecule has 0 saturated heterocycles. The van der Waals surface area contributed by atoms with Gasteiger partial charge < -0.3 is 30.6 Å². The van der Waals surface area contributed by atoms with E-state index in [4.69, 9.17) is 0 Å². The molecule has 3 rings (SSSR count). The zero-order valence-electron chi connectivity index (χ0n) is 13.0. The van der Waals surface area contributed by atoms with E-state index in [1.807, 2.05) is 0 Å². The summed E-state index contributed by atoms with van der Waals surface area (Å²) in [7, 11) is 0. The molecule has 3 aromatic rings. The topological polar surface area (TPSA) is 121 Å². The second kappa shape index (κ2) is 6.16. The van der Waals surface area contributed by atoms with Crippen LogP contribution < -0.4 is 0 Å². The Labute approximate surface area is 143 Å². The maximum Gasteiger partial charge on any atom is 0.157 e.